The van der Waals surface area contributed by atoms with Gasteiger partial charge in [0.15, 0.2) is 0 Å². The first kappa shape index (κ1) is 24.2. The van der Waals surface area contributed by atoms with Gasteiger partial charge in [-0.05, 0) is 45.9 Å². The van der Waals surface area contributed by atoms with Gasteiger partial charge in [-0.2, -0.15) is 0 Å². The zero-order valence-electron chi connectivity index (χ0n) is 19.0. The summed E-state index contributed by atoms with van der Waals surface area (Å²) in [7, 11) is 0. The third-order valence-corrected chi connectivity index (χ3v) is 5.66. The fraction of sp³-hybridized carbons (Fsp3) is 0.320. The summed E-state index contributed by atoms with van der Waals surface area (Å²) in [5.74, 6) is -1.09. The van der Waals surface area contributed by atoms with E-state index in [4.69, 9.17) is 5.21 Å². The number of hydroxylamine groups is 1. The Hall–Kier alpha value is -3.49. The van der Waals surface area contributed by atoms with Gasteiger partial charge in [-0.3, -0.25) is 19.8 Å². The Balaban J connectivity index is 1.84. The minimum absolute atomic E-state index is 0.227. The Morgan fingerprint density at radius 3 is 2.09 bits per heavy atom. The third-order valence-electron chi connectivity index (χ3n) is 5.66. The number of aliphatic hydroxyl groups is 1. The average molecular weight is 451 g/mol. The molecule has 0 aliphatic rings. The second-order valence-electron chi connectivity index (χ2n) is 9.03. The number of pyridine rings is 1. The molecule has 3 aromatic rings. The molecular weight excluding hydrogens is 420 g/mol. The van der Waals surface area contributed by atoms with Gasteiger partial charge in [0.1, 0.15) is 6.04 Å². The number of carbonyl (C=O) groups excluding carboxylic acids is 2. The van der Waals surface area contributed by atoms with Gasteiger partial charge in [-0.1, -0.05) is 45.0 Å². The Bertz CT molecular complexity index is 1070. The lowest BCUT2D eigenvalue weighted by atomic mass is 9.87. The third kappa shape index (κ3) is 6.06. The van der Waals surface area contributed by atoms with Crippen LogP contribution < -0.4 is 10.8 Å². The molecule has 2 aromatic heterocycles. The number of rotatable bonds is 8. The lowest BCUT2D eigenvalue weighted by molar-refractivity contribution is -0.135. The molecule has 2 heterocycles. The zero-order chi connectivity index (χ0) is 24.0. The van der Waals surface area contributed by atoms with Gasteiger partial charge in [-0.25, -0.2) is 5.48 Å². The van der Waals surface area contributed by atoms with Gasteiger partial charge in [0.25, 0.3) is 0 Å². The van der Waals surface area contributed by atoms with E-state index in [0.717, 1.165) is 22.3 Å². The molecule has 4 N–H and O–H groups in total. The largest absolute Gasteiger partial charge is 0.394 e. The van der Waals surface area contributed by atoms with Crippen molar-refractivity contribution in [2.75, 3.05) is 6.61 Å². The van der Waals surface area contributed by atoms with Crippen LogP contribution in [0.5, 0.6) is 0 Å². The summed E-state index contributed by atoms with van der Waals surface area (Å²) in [5.41, 5.74) is 5.20. The Morgan fingerprint density at radius 2 is 1.55 bits per heavy atom. The number of aromatic nitrogens is 2. The van der Waals surface area contributed by atoms with E-state index >= 15 is 0 Å². The summed E-state index contributed by atoms with van der Waals surface area (Å²) in [6, 6.07) is 12.4. The number of hydrogen-bond acceptors (Lipinski definition) is 5. The van der Waals surface area contributed by atoms with Crippen molar-refractivity contribution in [2.45, 2.75) is 39.3 Å². The maximum Gasteiger partial charge on any atom is 0.245 e. The molecule has 0 saturated carbocycles. The maximum atomic E-state index is 13.0. The van der Waals surface area contributed by atoms with Crippen molar-refractivity contribution < 1.29 is 19.9 Å². The summed E-state index contributed by atoms with van der Waals surface area (Å²) < 4.78 is 1.65. The van der Waals surface area contributed by atoms with E-state index in [1.165, 1.54) is 0 Å². The Labute approximate surface area is 193 Å². The van der Waals surface area contributed by atoms with Crippen LogP contribution >= 0.6 is 0 Å². The fourth-order valence-corrected chi connectivity index (χ4v) is 3.54. The molecule has 0 radical (unpaired) electrons. The van der Waals surface area contributed by atoms with E-state index < -0.39 is 23.9 Å². The van der Waals surface area contributed by atoms with E-state index in [2.05, 4.69) is 10.3 Å². The predicted octanol–water partition coefficient (Wildman–Crippen LogP) is 3.18. The standard InChI is InChI=1S/C25H30N4O4/c1-25(2,3)22(16-30)27-24(32)21(14-23(31)28-33)29-13-10-20(15-29)18-6-4-17(5-7-18)19-8-11-26-12-9-19/h4-13,15,21-22,30,33H,14,16H2,1-3H3,(H,27,32)(H,28,31). The smallest absolute Gasteiger partial charge is 0.245 e. The summed E-state index contributed by atoms with van der Waals surface area (Å²) in [6.45, 7) is 5.50. The quantitative estimate of drug-likeness (QED) is 0.311. The summed E-state index contributed by atoms with van der Waals surface area (Å²) >= 11 is 0. The monoisotopic (exact) mass is 450 g/mol. The summed E-state index contributed by atoms with van der Waals surface area (Å²) in [6.07, 6.45) is 6.77. The van der Waals surface area contributed by atoms with Crippen molar-refractivity contribution in [1.82, 2.24) is 20.3 Å². The number of amides is 2. The minimum Gasteiger partial charge on any atom is -0.394 e. The van der Waals surface area contributed by atoms with Crippen molar-refractivity contribution in [3.05, 3.63) is 67.3 Å². The van der Waals surface area contributed by atoms with Crippen LogP contribution in [0.2, 0.25) is 0 Å². The second-order valence-corrected chi connectivity index (χ2v) is 9.03. The molecule has 0 bridgehead atoms. The molecular formula is C25H30N4O4. The lowest BCUT2D eigenvalue weighted by Crippen LogP contribution is -2.49. The van der Waals surface area contributed by atoms with E-state index in [1.54, 1.807) is 34.8 Å². The van der Waals surface area contributed by atoms with Crippen molar-refractivity contribution in [1.29, 1.82) is 0 Å². The highest BCUT2D eigenvalue weighted by molar-refractivity contribution is 5.87. The normalized spacial score (nSPS) is 13.2. The first-order chi connectivity index (χ1) is 15.7. The first-order valence-electron chi connectivity index (χ1n) is 10.8. The summed E-state index contributed by atoms with van der Waals surface area (Å²) in [4.78, 5) is 29.0. The Morgan fingerprint density at radius 1 is 0.970 bits per heavy atom. The average Bonchev–Trinajstić information content (AvgIpc) is 3.30. The highest BCUT2D eigenvalue weighted by atomic mass is 16.5. The van der Waals surface area contributed by atoms with Gasteiger partial charge in [-0.15, -0.1) is 0 Å². The number of nitrogens with one attached hydrogen (secondary N) is 2. The fourth-order valence-electron chi connectivity index (χ4n) is 3.54. The van der Waals surface area contributed by atoms with Crippen molar-refractivity contribution in [3.8, 4) is 22.3 Å². The van der Waals surface area contributed by atoms with Crippen LogP contribution in [-0.4, -0.2) is 44.3 Å². The molecule has 2 atom stereocenters. The molecule has 8 heteroatoms. The number of hydrogen-bond donors (Lipinski definition) is 4. The molecule has 0 spiro atoms. The predicted molar refractivity (Wildman–Crippen MR) is 125 cm³/mol. The number of carbonyl (C=O) groups is 2. The molecule has 2 unspecified atom stereocenters. The van der Waals surface area contributed by atoms with Crippen molar-refractivity contribution >= 4 is 11.8 Å². The zero-order valence-corrected chi connectivity index (χ0v) is 19.0. The maximum absolute atomic E-state index is 13.0. The Kier molecular flexibility index (Phi) is 7.63. The van der Waals surface area contributed by atoms with Crippen LogP contribution in [0.15, 0.2) is 67.3 Å². The van der Waals surface area contributed by atoms with Crippen LogP contribution in [0.1, 0.15) is 33.2 Å². The van der Waals surface area contributed by atoms with Crippen LogP contribution in [0.4, 0.5) is 0 Å². The number of aliphatic hydroxyl groups excluding tert-OH is 1. The topological polar surface area (TPSA) is 116 Å². The van der Waals surface area contributed by atoms with E-state index in [1.807, 2.05) is 63.2 Å². The van der Waals surface area contributed by atoms with Crippen molar-refractivity contribution in [3.63, 3.8) is 0 Å². The molecule has 3 rings (SSSR count). The molecule has 0 saturated heterocycles. The highest BCUT2D eigenvalue weighted by Crippen LogP contribution is 2.27. The number of nitrogens with zero attached hydrogens (tertiary/aromatic N) is 2. The molecule has 33 heavy (non-hydrogen) atoms. The molecule has 2 amide bonds. The first-order valence-corrected chi connectivity index (χ1v) is 10.8. The highest BCUT2D eigenvalue weighted by Gasteiger charge is 2.30. The lowest BCUT2D eigenvalue weighted by Gasteiger charge is -2.31. The SMILES string of the molecule is CC(C)(C)C(CO)NC(=O)C(CC(=O)NO)n1ccc(-c2ccc(-c3ccncc3)cc2)c1. The van der Waals surface area contributed by atoms with Crippen LogP contribution in [0.3, 0.4) is 0 Å². The molecule has 0 aliphatic heterocycles. The molecule has 174 valence electrons. The van der Waals surface area contributed by atoms with Crippen molar-refractivity contribution in [2.24, 2.45) is 5.41 Å². The molecule has 8 nitrogen and oxygen atoms in total. The second kappa shape index (κ2) is 10.4. The van der Waals surface area contributed by atoms with E-state index in [0.29, 0.717) is 0 Å². The van der Waals surface area contributed by atoms with Gasteiger partial charge >= 0.3 is 0 Å². The molecule has 0 aliphatic carbocycles. The van der Waals surface area contributed by atoms with Crippen LogP contribution in [0.25, 0.3) is 22.3 Å². The molecule has 1 aromatic carbocycles. The van der Waals surface area contributed by atoms with Crippen LogP contribution in [0, 0.1) is 5.41 Å². The van der Waals surface area contributed by atoms with Gasteiger partial charge in [0, 0.05) is 24.8 Å². The number of benzene rings is 1. The van der Waals surface area contributed by atoms with E-state index in [9.17, 15) is 14.7 Å². The van der Waals surface area contributed by atoms with E-state index in [-0.39, 0.29) is 18.4 Å². The van der Waals surface area contributed by atoms with Gasteiger partial charge < -0.3 is 15.0 Å². The molecule has 0 fully saturated rings. The van der Waals surface area contributed by atoms with Gasteiger partial charge in [0.2, 0.25) is 11.8 Å². The van der Waals surface area contributed by atoms with Crippen LogP contribution in [-0.2, 0) is 9.59 Å². The summed E-state index contributed by atoms with van der Waals surface area (Å²) in [5, 5.41) is 21.5. The van der Waals surface area contributed by atoms with Gasteiger partial charge in [0.05, 0.1) is 19.1 Å². The minimum atomic E-state index is -0.890.